The van der Waals surface area contributed by atoms with E-state index in [1.165, 1.54) is 5.56 Å². The Kier molecular flexibility index (Phi) is 4.65. The second-order valence-corrected chi connectivity index (χ2v) is 6.18. The van der Waals surface area contributed by atoms with E-state index >= 15 is 0 Å². The topological polar surface area (TPSA) is 77.6 Å². The van der Waals surface area contributed by atoms with E-state index in [0.717, 1.165) is 17.8 Å². The Morgan fingerprint density at radius 2 is 2.08 bits per heavy atom. The fourth-order valence-corrected chi connectivity index (χ4v) is 2.85. The van der Waals surface area contributed by atoms with Crippen LogP contribution in [0.4, 0.5) is 0 Å². The standard InChI is InChI=1S/C18H22N6O/c1-12(11-15-13(2)22-23(4)14(15)3)20-18(25)16-7-5-8-17(21-16)24-10-6-9-19-24/h5-10,12H,11H2,1-4H3,(H,20,25)/t12-/m1/s1. The van der Waals surface area contributed by atoms with Gasteiger partial charge in [-0.1, -0.05) is 6.07 Å². The molecule has 0 unspecified atom stereocenters. The number of carbonyl (C=O) groups is 1. The van der Waals surface area contributed by atoms with E-state index in [1.807, 2.05) is 44.6 Å². The number of nitrogens with zero attached hydrogens (tertiary/aromatic N) is 5. The van der Waals surface area contributed by atoms with E-state index in [2.05, 4.69) is 20.5 Å². The van der Waals surface area contributed by atoms with Crippen LogP contribution in [0.2, 0.25) is 0 Å². The number of hydrogen-bond acceptors (Lipinski definition) is 4. The van der Waals surface area contributed by atoms with Gasteiger partial charge in [-0.05, 0) is 51.0 Å². The van der Waals surface area contributed by atoms with Gasteiger partial charge in [0.15, 0.2) is 5.82 Å². The zero-order valence-electron chi connectivity index (χ0n) is 14.9. The summed E-state index contributed by atoms with van der Waals surface area (Å²) in [6.45, 7) is 6.02. The minimum absolute atomic E-state index is 0.0238. The molecule has 0 radical (unpaired) electrons. The largest absolute Gasteiger partial charge is 0.348 e. The fraction of sp³-hybridized carbons (Fsp3) is 0.333. The van der Waals surface area contributed by atoms with Crippen LogP contribution in [-0.2, 0) is 13.5 Å². The molecule has 7 heteroatoms. The predicted molar refractivity (Wildman–Crippen MR) is 94.7 cm³/mol. The second kappa shape index (κ2) is 6.88. The van der Waals surface area contributed by atoms with Crippen LogP contribution in [0.5, 0.6) is 0 Å². The van der Waals surface area contributed by atoms with Gasteiger partial charge in [0, 0.05) is 31.2 Å². The summed E-state index contributed by atoms with van der Waals surface area (Å²) < 4.78 is 3.50. The number of rotatable bonds is 5. The Morgan fingerprint density at radius 3 is 2.72 bits per heavy atom. The fourth-order valence-electron chi connectivity index (χ4n) is 2.85. The maximum Gasteiger partial charge on any atom is 0.270 e. The van der Waals surface area contributed by atoms with Gasteiger partial charge in [0.05, 0.1) is 5.69 Å². The molecule has 1 atom stereocenters. The molecule has 3 heterocycles. The van der Waals surface area contributed by atoms with E-state index in [1.54, 1.807) is 29.2 Å². The van der Waals surface area contributed by atoms with Gasteiger partial charge in [-0.15, -0.1) is 0 Å². The molecule has 0 aliphatic rings. The Labute approximate surface area is 146 Å². The molecule has 0 aromatic carbocycles. The maximum absolute atomic E-state index is 12.5. The second-order valence-electron chi connectivity index (χ2n) is 6.18. The molecular formula is C18H22N6O. The van der Waals surface area contributed by atoms with Crippen molar-refractivity contribution in [1.82, 2.24) is 29.9 Å². The van der Waals surface area contributed by atoms with Crippen molar-refractivity contribution in [3.63, 3.8) is 0 Å². The highest BCUT2D eigenvalue weighted by molar-refractivity contribution is 5.92. The first-order valence-corrected chi connectivity index (χ1v) is 8.22. The van der Waals surface area contributed by atoms with Gasteiger partial charge in [0.25, 0.3) is 5.91 Å². The van der Waals surface area contributed by atoms with Crippen molar-refractivity contribution >= 4 is 5.91 Å². The molecule has 0 aliphatic heterocycles. The van der Waals surface area contributed by atoms with Crippen LogP contribution >= 0.6 is 0 Å². The maximum atomic E-state index is 12.5. The average Bonchev–Trinajstić information content (AvgIpc) is 3.20. The molecular weight excluding hydrogens is 316 g/mol. The van der Waals surface area contributed by atoms with E-state index in [9.17, 15) is 4.79 Å². The lowest BCUT2D eigenvalue weighted by Gasteiger charge is -2.14. The van der Waals surface area contributed by atoms with Gasteiger partial charge in [0.2, 0.25) is 0 Å². The van der Waals surface area contributed by atoms with Gasteiger partial charge in [-0.2, -0.15) is 10.2 Å². The van der Waals surface area contributed by atoms with Gasteiger partial charge >= 0.3 is 0 Å². The third-order valence-electron chi connectivity index (χ3n) is 4.25. The van der Waals surface area contributed by atoms with Crippen molar-refractivity contribution in [3.8, 4) is 5.82 Å². The van der Waals surface area contributed by atoms with E-state index in [4.69, 9.17) is 0 Å². The van der Waals surface area contributed by atoms with Gasteiger partial charge in [-0.25, -0.2) is 9.67 Å². The van der Waals surface area contributed by atoms with Crippen LogP contribution in [-0.4, -0.2) is 36.5 Å². The molecule has 3 aromatic heterocycles. The summed E-state index contributed by atoms with van der Waals surface area (Å²) in [6.07, 6.45) is 4.20. The normalized spacial score (nSPS) is 12.2. The summed E-state index contributed by atoms with van der Waals surface area (Å²) in [6, 6.07) is 7.11. The number of carbonyl (C=O) groups excluding carboxylic acids is 1. The third kappa shape index (κ3) is 3.60. The molecule has 3 rings (SSSR count). The van der Waals surface area contributed by atoms with Gasteiger partial charge in [0.1, 0.15) is 5.69 Å². The highest BCUT2D eigenvalue weighted by atomic mass is 16.1. The zero-order valence-corrected chi connectivity index (χ0v) is 14.9. The van der Waals surface area contributed by atoms with Crippen LogP contribution in [0, 0.1) is 13.8 Å². The molecule has 7 nitrogen and oxygen atoms in total. The SMILES string of the molecule is Cc1nn(C)c(C)c1C[C@@H](C)NC(=O)c1cccc(-n2cccn2)n1. The molecule has 3 aromatic rings. The van der Waals surface area contributed by atoms with Crippen LogP contribution in [0.15, 0.2) is 36.7 Å². The van der Waals surface area contributed by atoms with Crippen molar-refractivity contribution in [2.24, 2.45) is 7.05 Å². The summed E-state index contributed by atoms with van der Waals surface area (Å²) in [7, 11) is 1.93. The number of hydrogen-bond donors (Lipinski definition) is 1. The molecule has 130 valence electrons. The van der Waals surface area contributed by atoms with E-state index in [0.29, 0.717) is 11.5 Å². The van der Waals surface area contributed by atoms with E-state index < -0.39 is 0 Å². The van der Waals surface area contributed by atoms with Gasteiger partial charge in [-0.3, -0.25) is 9.48 Å². The average molecular weight is 338 g/mol. The van der Waals surface area contributed by atoms with Crippen LogP contribution in [0.25, 0.3) is 5.82 Å². The predicted octanol–water partition coefficient (Wildman–Crippen LogP) is 1.98. The third-order valence-corrected chi connectivity index (χ3v) is 4.25. The minimum Gasteiger partial charge on any atom is -0.348 e. The molecule has 1 amide bonds. The Balaban J connectivity index is 1.70. The Hall–Kier alpha value is -2.96. The van der Waals surface area contributed by atoms with Crippen LogP contribution in [0.3, 0.4) is 0 Å². The zero-order chi connectivity index (χ0) is 18.0. The quantitative estimate of drug-likeness (QED) is 0.772. The van der Waals surface area contributed by atoms with Crippen molar-refractivity contribution in [3.05, 3.63) is 59.3 Å². The number of aromatic nitrogens is 5. The monoisotopic (exact) mass is 338 g/mol. The number of nitrogens with one attached hydrogen (secondary N) is 1. The molecule has 0 saturated carbocycles. The van der Waals surface area contributed by atoms with Crippen molar-refractivity contribution < 1.29 is 4.79 Å². The van der Waals surface area contributed by atoms with Crippen molar-refractivity contribution in [1.29, 1.82) is 0 Å². The summed E-state index contributed by atoms with van der Waals surface area (Å²) in [5.41, 5.74) is 3.67. The first kappa shape index (κ1) is 16.9. The molecule has 0 fully saturated rings. The first-order chi connectivity index (χ1) is 12.0. The number of pyridine rings is 1. The van der Waals surface area contributed by atoms with Crippen LogP contribution < -0.4 is 5.32 Å². The van der Waals surface area contributed by atoms with Gasteiger partial charge < -0.3 is 5.32 Å². The molecule has 0 spiro atoms. The van der Waals surface area contributed by atoms with Crippen molar-refractivity contribution in [2.45, 2.75) is 33.2 Å². The van der Waals surface area contributed by atoms with Crippen molar-refractivity contribution in [2.75, 3.05) is 0 Å². The van der Waals surface area contributed by atoms with Crippen LogP contribution in [0.1, 0.15) is 34.4 Å². The number of amides is 1. The minimum atomic E-state index is -0.194. The lowest BCUT2D eigenvalue weighted by atomic mass is 10.1. The molecule has 0 saturated heterocycles. The summed E-state index contributed by atoms with van der Waals surface area (Å²) in [5.74, 6) is 0.421. The first-order valence-electron chi connectivity index (χ1n) is 8.22. The summed E-state index contributed by atoms with van der Waals surface area (Å²) >= 11 is 0. The Bertz CT molecular complexity index is 881. The Morgan fingerprint density at radius 1 is 1.28 bits per heavy atom. The lowest BCUT2D eigenvalue weighted by molar-refractivity contribution is 0.0935. The summed E-state index contributed by atoms with van der Waals surface area (Å²) in [5, 5.41) is 11.6. The lowest BCUT2D eigenvalue weighted by Crippen LogP contribution is -2.35. The molecule has 0 aliphatic carbocycles. The molecule has 25 heavy (non-hydrogen) atoms. The number of aryl methyl sites for hydroxylation is 2. The molecule has 0 bridgehead atoms. The van der Waals surface area contributed by atoms with E-state index in [-0.39, 0.29) is 11.9 Å². The smallest absolute Gasteiger partial charge is 0.270 e. The summed E-state index contributed by atoms with van der Waals surface area (Å²) in [4.78, 5) is 16.9. The molecule has 1 N–H and O–H groups in total. The highest BCUT2D eigenvalue weighted by Gasteiger charge is 2.16. The highest BCUT2D eigenvalue weighted by Crippen LogP contribution is 2.14.